The van der Waals surface area contributed by atoms with E-state index < -0.39 is 0 Å². The largest absolute Gasteiger partial charge is 0.332 e. The Labute approximate surface area is 194 Å². The SMILES string of the molecule is CC(C)C(=O)C1CCC1.CC(C)N1CC2CCC(C1)N2c1ncc(C2CCNCC2)cn1. The number of likely N-dealkylation sites (tertiary alicyclic amines) is 1. The molecule has 3 saturated heterocycles. The van der Waals surface area contributed by atoms with E-state index in [1.54, 1.807) is 0 Å². The Bertz CT molecular complexity index is 725. The van der Waals surface area contributed by atoms with E-state index in [1.807, 2.05) is 13.8 Å². The number of piperazine rings is 1. The summed E-state index contributed by atoms with van der Waals surface area (Å²) >= 11 is 0. The van der Waals surface area contributed by atoms with Crippen molar-refractivity contribution in [2.75, 3.05) is 31.1 Å². The molecule has 5 rings (SSSR count). The second-order valence-corrected chi connectivity index (χ2v) is 10.9. The van der Waals surface area contributed by atoms with Gasteiger partial charge in [-0.15, -0.1) is 0 Å². The maximum Gasteiger partial charge on any atom is 0.225 e. The second-order valence-electron chi connectivity index (χ2n) is 10.9. The Morgan fingerprint density at radius 2 is 1.53 bits per heavy atom. The van der Waals surface area contributed by atoms with Gasteiger partial charge in [-0.1, -0.05) is 20.3 Å². The van der Waals surface area contributed by atoms with Gasteiger partial charge in [0.1, 0.15) is 5.78 Å². The Balaban J connectivity index is 0.000000230. The number of fused-ring (bicyclic) bond motifs is 2. The van der Waals surface area contributed by atoms with E-state index in [0.29, 0.717) is 35.7 Å². The van der Waals surface area contributed by atoms with E-state index in [0.717, 1.165) is 45.0 Å². The van der Waals surface area contributed by atoms with Gasteiger partial charge in [-0.25, -0.2) is 9.97 Å². The molecule has 32 heavy (non-hydrogen) atoms. The number of anilines is 1. The molecule has 1 N–H and O–H groups in total. The summed E-state index contributed by atoms with van der Waals surface area (Å²) in [4.78, 5) is 25.8. The first-order valence-electron chi connectivity index (χ1n) is 13.0. The summed E-state index contributed by atoms with van der Waals surface area (Å²) in [6.45, 7) is 13.1. The molecule has 0 aromatic carbocycles. The molecule has 6 heteroatoms. The Kier molecular flexibility index (Phi) is 7.83. The number of piperidine rings is 1. The molecule has 2 atom stereocenters. The number of rotatable bonds is 5. The monoisotopic (exact) mass is 441 g/mol. The first-order chi connectivity index (χ1) is 15.4. The topological polar surface area (TPSA) is 61.4 Å². The van der Waals surface area contributed by atoms with Crippen LogP contribution in [0.1, 0.15) is 84.1 Å². The fourth-order valence-electron chi connectivity index (χ4n) is 5.68. The van der Waals surface area contributed by atoms with Gasteiger partial charge in [0.25, 0.3) is 0 Å². The molecule has 3 aliphatic heterocycles. The number of hydrogen-bond donors (Lipinski definition) is 1. The summed E-state index contributed by atoms with van der Waals surface area (Å²) in [5.74, 6) is 2.76. The van der Waals surface area contributed by atoms with Gasteiger partial charge in [0, 0.05) is 55.4 Å². The van der Waals surface area contributed by atoms with Crippen LogP contribution >= 0.6 is 0 Å². The molecular weight excluding hydrogens is 398 g/mol. The molecule has 2 bridgehead atoms. The normalized spacial score (nSPS) is 26.8. The predicted octanol–water partition coefficient (Wildman–Crippen LogP) is 4.02. The molecule has 1 saturated carbocycles. The highest BCUT2D eigenvalue weighted by molar-refractivity contribution is 5.83. The van der Waals surface area contributed by atoms with E-state index in [-0.39, 0.29) is 5.92 Å². The van der Waals surface area contributed by atoms with Crippen molar-refractivity contribution in [3.05, 3.63) is 18.0 Å². The van der Waals surface area contributed by atoms with Gasteiger partial charge in [-0.05, 0) is 76.9 Å². The third-order valence-corrected chi connectivity index (χ3v) is 8.02. The highest BCUT2D eigenvalue weighted by Gasteiger charge is 2.41. The lowest BCUT2D eigenvalue weighted by Gasteiger charge is -2.42. The molecular formula is C26H43N5O. The van der Waals surface area contributed by atoms with Gasteiger partial charge >= 0.3 is 0 Å². The molecule has 4 heterocycles. The van der Waals surface area contributed by atoms with Crippen molar-refractivity contribution in [3.63, 3.8) is 0 Å². The second kappa shape index (κ2) is 10.6. The molecule has 6 nitrogen and oxygen atoms in total. The van der Waals surface area contributed by atoms with Crippen LogP contribution < -0.4 is 10.2 Å². The quantitative estimate of drug-likeness (QED) is 0.745. The van der Waals surface area contributed by atoms with Crippen LogP contribution in [0.2, 0.25) is 0 Å². The Morgan fingerprint density at radius 3 is 1.97 bits per heavy atom. The van der Waals surface area contributed by atoms with E-state index in [2.05, 4.69) is 41.4 Å². The van der Waals surface area contributed by atoms with E-state index >= 15 is 0 Å². The first-order valence-corrected chi connectivity index (χ1v) is 13.0. The minimum absolute atomic E-state index is 0.260. The van der Waals surface area contributed by atoms with Crippen LogP contribution in [0, 0.1) is 11.8 Å². The zero-order chi connectivity index (χ0) is 22.7. The van der Waals surface area contributed by atoms with Crippen LogP contribution in [0.4, 0.5) is 5.95 Å². The van der Waals surface area contributed by atoms with Crippen molar-refractivity contribution in [2.45, 2.75) is 96.7 Å². The number of Topliss-reactive ketones (excluding diaryl/α,β-unsaturated/α-hetero) is 1. The predicted molar refractivity (Wildman–Crippen MR) is 130 cm³/mol. The number of nitrogens with one attached hydrogen (secondary N) is 1. The average Bonchev–Trinajstić information content (AvgIpc) is 3.02. The molecule has 1 aromatic rings. The van der Waals surface area contributed by atoms with Gasteiger partial charge in [-0.2, -0.15) is 0 Å². The van der Waals surface area contributed by atoms with Crippen LogP contribution in [0.15, 0.2) is 12.4 Å². The van der Waals surface area contributed by atoms with Crippen LogP contribution in [-0.4, -0.2) is 65.0 Å². The van der Waals surface area contributed by atoms with Crippen LogP contribution in [0.5, 0.6) is 0 Å². The van der Waals surface area contributed by atoms with Crippen molar-refractivity contribution in [1.29, 1.82) is 0 Å². The van der Waals surface area contributed by atoms with Gasteiger partial charge in [0.15, 0.2) is 0 Å². The highest BCUT2D eigenvalue weighted by Crippen LogP contribution is 2.34. The summed E-state index contributed by atoms with van der Waals surface area (Å²) < 4.78 is 0. The number of hydrogen-bond acceptors (Lipinski definition) is 6. The lowest BCUT2D eigenvalue weighted by molar-refractivity contribution is -0.128. The van der Waals surface area contributed by atoms with Crippen molar-refractivity contribution in [2.24, 2.45) is 11.8 Å². The number of carbonyl (C=O) groups excluding carboxylic acids is 1. The molecule has 0 amide bonds. The van der Waals surface area contributed by atoms with Gasteiger partial charge in [0.05, 0.1) is 0 Å². The average molecular weight is 442 g/mol. The van der Waals surface area contributed by atoms with Crippen LogP contribution in [0.25, 0.3) is 0 Å². The third-order valence-electron chi connectivity index (χ3n) is 8.02. The number of aromatic nitrogens is 2. The van der Waals surface area contributed by atoms with E-state index in [9.17, 15) is 4.79 Å². The Hall–Kier alpha value is -1.53. The smallest absolute Gasteiger partial charge is 0.225 e. The molecule has 1 aliphatic carbocycles. The lowest BCUT2D eigenvalue weighted by Crippen LogP contribution is -2.56. The first kappa shape index (κ1) is 23.6. The fraction of sp³-hybridized carbons (Fsp3) is 0.808. The molecule has 1 aromatic heterocycles. The summed E-state index contributed by atoms with van der Waals surface area (Å²) in [5, 5.41) is 3.43. The number of nitrogens with zero attached hydrogens (tertiary/aromatic N) is 4. The fourth-order valence-corrected chi connectivity index (χ4v) is 5.68. The molecule has 0 spiro atoms. The standard InChI is InChI=1S/C18H29N5.C8H14O/c1-13(2)22-11-16-3-4-17(12-22)23(16)18-20-9-15(10-21-18)14-5-7-19-8-6-14;1-6(2)8(9)7-4-3-5-7/h9-10,13-14,16-17,19H,3-8,11-12H2,1-2H3;6-7H,3-5H2,1-2H3. The maximum atomic E-state index is 11.1. The van der Waals surface area contributed by atoms with E-state index in [1.165, 1.54) is 37.7 Å². The van der Waals surface area contributed by atoms with Crippen molar-refractivity contribution >= 4 is 11.7 Å². The van der Waals surface area contributed by atoms with Crippen LogP contribution in [0.3, 0.4) is 0 Å². The van der Waals surface area contributed by atoms with Gasteiger partial charge in [-0.3, -0.25) is 9.69 Å². The molecule has 4 fully saturated rings. The minimum atomic E-state index is 0.260. The number of ketones is 1. The lowest BCUT2D eigenvalue weighted by atomic mass is 9.79. The zero-order valence-corrected chi connectivity index (χ0v) is 20.6. The molecule has 0 radical (unpaired) electrons. The van der Waals surface area contributed by atoms with Crippen molar-refractivity contribution in [1.82, 2.24) is 20.2 Å². The van der Waals surface area contributed by atoms with Gasteiger partial charge in [0.2, 0.25) is 5.95 Å². The van der Waals surface area contributed by atoms with Crippen molar-refractivity contribution < 1.29 is 4.79 Å². The summed E-state index contributed by atoms with van der Waals surface area (Å²) in [7, 11) is 0. The third kappa shape index (κ3) is 5.33. The van der Waals surface area contributed by atoms with Crippen LogP contribution in [-0.2, 0) is 4.79 Å². The minimum Gasteiger partial charge on any atom is -0.332 e. The summed E-state index contributed by atoms with van der Waals surface area (Å²) in [6.07, 6.45) is 12.7. The summed E-state index contributed by atoms with van der Waals surface area (Å²) in [5.41, 5.74) is 1.32. The zero-order valence-electron chi connectivity index (χ0n) is 20.6. The van der Waals surface area contributed by atoms with Crippen molar-refractivity contribution in [3.8, 4) is 0 Å². The van der Waals surface area contributed by atoms with E-state index in [4.69, 9.17) is 9.97 Å². The van der Waals surface area contributed by atoms with Gasteiger partial charge < -0.3 is 10.2 Å². The maximum absolute atomic E-state index is 11.1. The Morgan fingerprint density at radius 1 is 0.938 bits per heavy atom. The molecule has 178 valence electrons. The molecule has 4 aliphatic rings. The summed E-state index contributed by atoms with van der Waals surface area (Å²) in [6, 6.07) is 1.84. The number of carbonyl (C=O) groups is 1. The molecule has 2 unspecified atom stereocenters. The highest BCUT2D eigenvalue weighted by atomic mass is 16.1.